The second-order valence-electron chi connectivity index (χ2n) is 8.45. The number of rotatable bonds is 8. The van der Waals surface area contributed by atoms with Crippen LogP contribution in [0.1, 0.15) is 30.1 Å². The molecule has 0 spiro atoms. The summed E-state index contributed by atoms with van der Waals surface area (Å²) in [7, 11) is 0. The van der Waals surface area contributed by atoms with Crippen molar-refractivity contribution >= 4 is 58.0 Å². The molecule has 1 saturated heterocycles. The Hall–Kier alpha value is -3.40. The van der Waals surface area contributed by atoms with Crippen molar-refractivity contribution in [1.29, 1.82) is 0 Å². The monoisotopic (exact) mass is 527 g/mol. The maximum absolute atomic E-state index is 13.2. The zero-order chi connectivity index (χ0) is 25.7. The van der Waals surface area contributed by atoms with Gasteiger partial charge in [-0.2, -0.15) is 0 Å². The molecule has 1 aliphatic heterocycles. The molecular formula is C25H27Cl2N7O2. The number of aromatic nitrogens is 2. The first-order valence-electron chi connectivity index (χ1n) is 11.6. The maximum atomic E-state index is 13.2. The summed E-state index contributed by atoms with van der Waals surface area (Å²) in [6, 6.07) is 13.9. The van der Waals surface area contributed by atoms with E-state index < -0.39 is 11.4 Å². The van der Waals surface area contributed by atoms with E-state index in [0.717, 1.165) is 5.69 Å². The van der Waals surface area contributed by atoms with Gasteiger partial charge in [0.25, 0.3) is 5.91 Å². The number of hydrogen-bond acceptors (Lipinski definition) is 7. The lowest BCUT2D eigenvalue weighted by Gasteiger charge is -2.41. The van der Waals surface area contributed by atoms with Crippen molar-refractivity contribution in [1.82, 2.24) is 15.3 Å². The fourth-order valence-corrected chi connectivity index (χ4v) is 4.62. The molecule has 11 heteroatoms. The summed E-state index contributed by atoms with van der Waals surface area (Å²) in [6.07, 6.45) is 2.43. The molecule has 0 aliphatic carbocycles. The van der Waals surface area contributed by atoms with Crippen molar-refractivity contribution in [3.63, 3.8) is 0 Å². The molecular weight excluding hydrogens is 501 g/mol. The molecule has 0 atom stereocenters. The smallest absolute Gasteiger partial charge is 0.257 e. The van der Waals surface area contributed by atoms with Crippen LogP contribution < -0.4 is 26.6 Å². The number of carbonyl (C=O) groups is 2. The van der Waals surface area contributed by atoms with Gasteiger partial charge < -0.3 is 26.6 Å². The van der Waals surface area contributed by atoms with Gasteiger partial charge in [-0.1, -0.05) is 42.3 Å². The number of piperidine rings is 1. The Labute approximate surface area is 219 Å². The van der Waals surface area contributed by atoms with Crippen molar-refractivity contribution < 1.29 is 9.59 Å². The van der Waals surface area contributed by atoms with E-state index >= 15 is 0 Å². The first-order chi connectivity index (χ1) is 17.3. The van der Waals surface area contributed by atoms with Gasteiger partial charge in [-0.15, -0.1) is 0 Å². The minimum atomic E-state index is -0.774. The second-order valence-corrected chi connectivity index (χ2v) is 9.29. The van der Waals surface area contributed by atoms with Crippen LogP contribution in [-0.2, 0) is 4.79 Å². The average Bonchev–Trinajstić information content (AvgIpc) is 2.87. The average molecular weight is 528 g/mol. The number of benzene rings is 2. The van der Waals surface area contributed by atoms with E-state index in [2.05, 4.69) is 25.9 Å². The zero-order valence-corrected chi connectivity index (χ0v) is 21.2. The minimum absolute atomic E-state index is 0.324. The number of nitrogens with one attached hydrogen (secondary N) is 3. The Bertz CT molecular complexity index is 1250. The van der Waals surface area contributed by atoms with Crippen LogP contribution in [0.2, 0.25) is 10.0 Å². The summed E-state index contributed by atoms with van der Waals surface area (Å²) in [4.78, 5) is 36.3. The number of amides is 2. The summed E-state index contributed by atoms with van der Waals surface area (Å²) >= 11 is 12.3. The van der Waals surface area contributed by atoms with E-state index in [-0.39, 0.29) is 5.91 Å². The highest BCUT2D eigenvalue weighted by Crippen LogP contribution is 2.35. The van der Waals surface area contributed by atoms with Crippen LogP contribution in [0, 0.1) is 0 Å². The summed E-state index contributed by atoms with van der Waals surface area (Å²) in [5.41, 5.74) is 6.41. The van der Waals surface area contributed by atoms with Gasteiger partial charge in [-0.3, -0.25) is 9.59 Å². The van der Waals surface area contributed by atoms with Crippen molar-refractivity contribution in [3.8, 4) is 0 Å². The van der Waals surface area contributed by atoms with Gasteiger partial charge in [0.1, 0.15) is 17.6 Å². The lowest BCUT2D eigenvalue weighted by Crippen LogP contribution is -2.61. The van der Waals surface area contributed by atoms with Crippen molar-refractivity contribution in [2.24, 2.45) is 5.73 Å². The molecule has 188 valence electrons. The van der Waals surface area contributed by atoms with Crippen LogP contribution in [-0.4, -0.2) is 47.0 Å². The summed E-state index contributed by atoms with van der Waals surface area (Å²) in [6.45, 7) is 3.58. The van der Waals surface area contributed by atoms with Gasteiger partial charge in [0.2, 0.25) is 5.91 Å². The fraction of sp³-hybridized carbons (Fsp3) is 0.280. The molecule has 1 aliphatic rings. The molecule has 5 N–H and O–H groups in total. The summed E-state index contributed by atoms with van der Waals surface area (Å²) in [5, 5.41) is 10.4. The molecule has 2 heterocycles. The molecule has 9 nitrogen and oxygen atoms in total. The van der Waals surface area contributed by atoms with E-state index in [9.17, 15) is 9.59 Å². The number of nitrogens with two attached hydrogens (primary N) is 1. The molecule has 4 rings (SSSR count). The van der Waals surface area contributed by atoms with Crippen molar-refractivity contribution in [3.05, 3.63) is 70.5 Å². The molecule has 0 bridgehead atoms. The number of carbonyl (C=O) groups excluding carboxylic acids is 2. The molecule has 36 heavy (non-hydrogen) atoms. The Morgan fingerprint density at radius 3 is 2.39 bits per heavy atom. The molecule has 1 fully saturated rings. The molecule has 2 aromatic carbocycles. The fourth-order valence-electron chi connectivity index (χ4n) is 4.27. The summed E-state index contributed by atoms with van der Waals surface area (Å²) < 4.78 is 0. The van der Waals surface area contributed by atoms with Crippen LogP contribution >= 0.6 is 23.2 Å². The normalized spacial score (nSPS) is 14.8. The Morgan fingerprint density at radius 2 is 1.75 bits per heavy atom. The lowest BCUT2D eigenvalue weighted by molar-refractivity contribution is -0.125. The van der Waals surface area contributed by atoms with Gasteiger partial charge in [-0.25, -0.2) is 9.97 Å². The van der Waals surface area contributed by atoms with E-state index in [4.69, 9.17) is 28.9 Å². The topological polar surface area (TPSA) is 125 Å². The Morgan fingerprint density at radius 1 is 1.06 bits per heavy atom. The SMILES string of the molecule is CCNC1(C(N)=O)CCN(c2ncnc(Nc3ccc(Cl)cc3)c2NC(=O)c2ccccc2Cl)CC1. The molecule has 0 unspecified atom stereocenters. The second kappa shape index (κ2) is 11.1. The van der Waals surface area contributed by atoms with Crippen LogP contribution in [0.15, 0.2) is 54.9 Å². The van der Waals surface area contributed by atoms with Crippen LogP contribution in [0.25, 0.3) is 0 Å². The van der Waals surface area contributed by atoms with Crippen molar-refractivity contribution in [2.75, 3.05) is 35.2 Å². The number of likely N-dealkylation sites (N-methyl/N-ethyl adjacent to an activating group) is 1. The predicted molar refractivity (Wildman–Crippen MR) is 143 cm³/mol. The van der Waals surface area contributed by atoms with Gasteiger partial charge in [-0.05, 0) is 55.8 Å². The first kappa shape index (κ1) is 25.7. The molecule has 3 aromatic rings. The minimum Gasteiger partial charge on any atom is -0.368 e. The lowest BCUT2D eigenvalue weighted by atomic mass is 9.86. The van der Waals surface area contributed by atoms with Crippen LogP contribution in [0.4, 0.5) is 23.0 Å². The third-order valence-electron chi connectivity index (χ3n) is 6.19. The highest BCUT2D eigenvalue weighted by atomic mass is 35.5. The molecule has 1 aromatic heterocycles. The van der Waals surface area contributed by atoms with Gasteiger partial charge in [0, 0.05) is 23.8 Å². The number of hydrogen-bond donors (Lipinski definition) is 4. The quantitative estimate of drug-likeness (QED) is 0.345. The van der Waals surface area contributed by atoms with Gasteiger partial charge in [0.05, 0.1) is 10.6 Å². The zero-order valence-electron chi connectivity index (χ0n) is 19.7. The highest BCUT2D eigenvalue weighted by molar-refractivity contribution is 6.34. The largest absolute Gasteiger partial charge is 0.368 e. The standard InChI is InChI=1S/C25H27Cl2N7O2/c1-2-31-25(24(28)36)11-13-34(14-12-25)22-20(33-23(35)18-5-3-4-6-19(18)27)21(29-15-30-22)32-17-9-7-16(26)8-10-17/h3-10,15,31H,2,11-14H2,1H3,(H2,28,36)(H,33,35)(H,29,30,32). The van der Waals surface area contributed by atoms with Gasteiger partial charge >= 0.3 is 0 Å². The van der Waals surface area contributed by atoms with Gasteiger partial charge in [0.15, 0.2) is 11.6 Å². The predicted octanol–water partition coefficient (Wildman–Crippen LogP) is 4.21. The Kier molecular flexibility index (Phi) is 7.93. The maximum Gasteiger partial charge on any atom is 0.257 e. The molecule has 0 radical (unpaired) electrons. The number of halogens is 2. The van der Waals surface area contributed by atoms with E-state index in [0.29, 0.717) is 65.4 Å². The first-order valence-corrected chi connectivity index (χ1v) is 12.3. The highest BCUT2D eigenvalue weighted by Gasteiger charge is 2.40. The van der Waals surface area contributed by atoms with Crippen LogP contribution in [0.3, 0.4) is 0 Å². The van der Waals surface area contributed by atoms with Crippen LogP contribution in [0.5, 0.6) is 0 Å². The third-order valence-corrected chi connectivity index (χ3v) is 6.78. The van der Waals surface area contributed by atoms with Crippen molar-refractivity contribution in [2.45, 2.75) is 25.3 Å². The number of anilines is 4. The van der Waals surface area contributed by atoms with E-state index in [1.807, 2.05) is 24.0 Å². The number of nitrogens with zero attached hydrogens (tertiary/aromatic N) is 3. The Balaban J connectivity index is 1.68. The third kappa shape index (κ3) is 5.53. The number of primary amides is 1. The van der Waals surface area contributed by atoms with E-state index in [1.54, 1.807) is 36.4 Å². The van der Waals surface area contributed by atoms with E-state index in [1.165, 1.54) is 6.33 Å². The summed E-state index contributed by atoms with van der Waals surface area (Å²) in [5.74, 6) is 0.161. The molecule has 0 saturated carbocycles. The molecule has 2 amide bonds.